The van der Waals surface area contributed by atoms with Gasteiger partial charge in [-0.2, -0.15) is 10.2 Å². The van der Waals surface area contributed by atoms with Gasteiger partial charge >= 0.3 is 0 Å². The number of fused-ring (bicyclic) bond motifs is 1. The number of aromatic nitrogens is 4. The van der Waals surface area contributed by atoms with Crippen molar-refractivity contribution in [2.45, 2.75) is 19.4 Å². The molecule has 2 N–H and O–H groups in total. The minimum Gasteiger partial charge on any atom is -0.398 e. The average molecular weight is 311 g/mol. The number of nitrogen functional groups attached to an aromatic ring is 1. The third-order valence-corrected chi connectivity index (χ3v) is 4.65. The summed E-state index contributed by atoms with van der Waals surface area (Å²) in [5.41, 5.74) is 10.1. The van der Waals surface area contributed by atoms with Gasteiger partial charge in [-0.25, -0.2) is 0 Å². The van der Waals surface area contributed by atoms with Crippen LogP contribution in [0.4, 0.5) is 5.69 Å². The number of rotatable bonds is 3. The Morgan fingerprint density at radius 3 is 2.87 bits per heavy atom. The molecule has 0 bridgehead atoms. The highest BCUT2D eigenvalue weighted by Gasteiger charge is 2.16. The molecule has 2 aromatic heterocycles. The standard InChI is InChI=1S/C17H21N5O/c1-21-17-7-15(16(18)6-13(17)8-19-21)14-9-20-22(11-14)10-12-2-4-23-5-3-12/h6-9,11-12H,2-5,10,18H2,1H3. The van der Waals surface area contributed by atoms with Crippen LogP contribution in [0.3, 0.4) is 0 Å². The van der Waals surface area contributed by atoms with Crippen LogP contribution in [-0.4, -0.2) is 32.8 Å². The van der Waals surface area contributed by atoms with E-state index in [9.17, 15) is 0 Å². The Balaban J connectivity index is 1.63. The fraction of sp³-hybridized carbons (Fsp3) is 0.412. The maximum atomic E-state index is 6.23. The van der Waals surface area contributed by atoms with Crippen LogP contribution in [0, 0.1) is 5.92 Å². The van der Waals surface area contributed by atoms with Crippen LogP contribution in [0.15, 0.2) is 30.7 Å². The van der Waals surface area contributed by atoms with E-state index < -0.39 is 0 Å². The predicted octanol–water partition coefficient (Wildman–Crippen LogP) is 2.45. The first kappa shape index (κ1) is 14.3. The average Bonchev–Trinajstić information content (AvgIpc) is 3.15. The molecule has 6 nitrogen and oxygen atoms in total. The molecule has 23 heavy (non-hydrogen) atoms. The van der Waals surface area contributed by atoms with E-state index in [1.54, 1.807) is 0 Å². The molecule has 1 fully saturated rings. The SMILES string of the molecule is Cn1ncc2cc(N)c(-c3cnn(CC4CCOCC4)c3)cc21. The highest BCUT2D eigenvalue weighted by molar-refractivity contribution is 5.91. The van der Waals surface area contributed by atoms with E-state index in [4.69, 9.17) is 10.5 Å². The van der Waals surface area contributed by atoms with Gasteiger partial charge in [0.25, 0.3) is 0 Å². The minimum absolute atomic E-state index is 0.647. The van der Waals surface area contributed by atoms with Gasteiger partial charge in [-0.05, 0) is 30.9 Å². The Hall–Kier alpha value is -2.34. The Bertz CT molecular complexity index is 829. The summed E-state index contributed by atoms with van der Waals surface area (Å²) in [6, 6.07) is 4.07. The third kappa shape index (κ3) is 2.70. The van der Waals surface area contributed by atoms with Gasteiger partial charge in [0.2, 0.25) is 0 Å². The van der Waals surface area contributed by atoms with E-state index in [1.807, 2.05) is 34.9 Å². The van der Waals surface area contributed by atoms with Crippen LogP contribution < -0.4 is 5.73 Å². The molecule has 1 aliphatic rings. The highest BCUT2D eigenvalue weighted by atomic mass is 16.5. The number of benzene rings is 1. The molecular formula is C17H21N5O. The molecule has 3 heterocycles. The van der Waals surface area contributed by atoms with Crippen molar-refractivity contribution in [1.82, 2.24) is 19.6 Å². The van der Waals surface area contributed by atoms with E-state index in [2.05, 4.69) is 22.5 Å². The Labute approximate surface area is 134 Å². The molecule has 0 saturated carbocycles. The van der Waals surface area contributed by atoms with Gasteiger partial charge in [0.05, 0.1) is 17.9 Å². The number of hydrogen-bond acceptors (Lipinski definition) is 4. The minimum atomic E-state index is 0.647. The lowest BCUT2D eigenvalue weighted by molar-refractivity contribution is 0.0601. The molecule has 0 amide bonds. The molecule has 1 saturated heterocycles. The Kier molecular flexibility index (Phi) is 3.53. The molecule has 0 atom stereocenters. The first-order chi connectivity index (χ1) is 11.2. The maximum Gasteiger partial charge on any atom is 0.0686 e. The molecule has 0 aliphatic carbocycles. The van der Waals surface area contributed by atoms with Crippen molar-refractivity contribution in [3.05, 3.63) is 30.7 Å². The van der Waals surface area contributed by atoms with Crippen molar-refractivity contribution in [2.24, 2.45) is 13.0 Å². The number of anilines is 1. The largest absolute Gasteiger partial charge is 0.398 e. The summed E-state index contributed by atoms with van der Waals surface area (Å²) in [5.74, 6) is 0.647. The lowest BCUT2D eigenvalue weighted by atomic mass is 10.0. The van der Waals surface area contributed by atoms with Crippen LogP contribution in [-0.2, 0) is 18.3 Å². The lowest BCUT2D eigenvalue weighted by Crippen LogP contribution is -2.20. The second-order valence-corrected chi connectivity index (χ2v) is 6.27. The van der Waals surface area contributed by atoms with Gasteiger partial charge in [0, 0.05) is 55.2 Å². The molecule has 1 aliphatic heterocycles. The zero-order chi connectivity index (χ0) is 15.8. The molecule has 0 radical (unpaired) electrons. The van der Waals surface area contributed by atoms with E-state index >= 15 is 0 Å². The number of nitrogens with zero attached hydrogens (tertiary/aromatic N) is 4. The van der Waals surface area contributed by atoms with E-state index in [0.717, 1.165) is 60.3 Å². The summed E-state index contributed by atoms with van der Waals surface area (Å²) >= 11 is 0. The Morgan fingerprint density at radius 2 is 2.04 bits per heavy atom. The summed E-state index contributed by atoms with van der Waals surface area (Å²) in [6.07, 6.45) is 8.04. The van der Waals surface area contributed by atoms with Crippen LogP contribution in [0.2, 0.25) is 0 Å². The van der Waals surface area contributed by atoms with Gasteiger partial charge in [-0.15, -0.1) is 0 Å². The van der Waals surface area contributed by atoms with Crippen LogP contribution >= 0.6 is 0 Å². The normalized spacial score (nSPS) is 16.2. The number of ether oxygens (including phenoxy) is 1. The summed E-state index contributed by atoms with van der Waals surface area (Å²) in [5, 5.41) is 9.86. The zero-order valence-corrected chi connectivity index (χ0v) is 13.3. The number of hydrogen-bond donors (Lipinski definition) is 1. The molecule has 0 spiro atoms. The molecule has 1 aromatic carbocycles. The van der Waals surface area contributed by atoms with Gasteiger partial charge in [-0.3, -0.25) is 9.36 Å². The molecule has 0 unspecified atom stereocenters. The summed E-state index contributed by atoms with van der Waals surface area (Å²) in [7, 11) is 1.94. The van der Waals surface area contributed by atoms with Crippen molar-refractivity contribution < 1.29 is 4.74 Å². The van der Waals surface area contributed by atoms with Crippen LogP contribution in [0.1, 0.15) is 12.8 Å². The van der Waals surface area contributed by atoms with Crippen molar-refractivity contribution in [3.8, 4) is 11.1 Å². The highest BCUT2D eigenvalue weighted by Crippen LogP contribution is 2.30. The van der Waals surface area contributed by atoms with Crippen molar-refractivity contribution in [3.63, 3.8) is 0 Å². The predicted molar refractivity (Wildman–Crippen MR) is 89.9 cm³/mol. The van der Waals surface area contributed by atoms with Gasteiger partial charge < -0.3 is 10.5 Å². The summed E-state index contributed by atoms with van der Waals surface area (Å²) in [6.45, 7) is 2.67. The van der Waals surface area contributed by atoms with Gasteiger partial charge in [0.15, 0.2) is 0 Å². The second kappa shape index (κ2) is 5.70. The van der Waals surface area contributed by atoms with E-state index in [1.165, 1.54) is 0 Å². The molecule has 4 rings (SSSR count). The second-order valence-electron chi connectivity index (χ2n) is 6.27. The van der Waals surface area contributed by atoms with Gasteiger partial charge in [-0.1, -0.05) is 0 Å². The number of nitrogens with two attached hydrogens (primary N) is 1. The smallest absolute Gasteiger partial charge is 0.0686 e. The van der Waals surface area contributed by atoms with Crippen LogP contribution in [0.5, 0.6) is 0 Å². The molecule has 120 valence electrons. The fourth-order valence-electron chi connectivity index (χ4n) is 3.26. The Morgan fingerprint density at radius 1 is 1.22 bits per heavy atom. The third-order valence-electron chi connectivity index (χ3n) is 4.65. The quantitative estimate of drug-likeness (QED) is 0.754. The topological polar surface area (TPSA) is 70.9 Å². The zero-order valence-electron chi connectivity index (χ0n) is 13.3. The molecule has 6 heteroatoms. The van der Waals surface area contributed by atoms with Crippen LogP contribution in [0.25, 0.3) is 22.0 Å². The van der Waals surface area contributed by atoms with Crippen molar-refractivity contribution in [2.75, 3.05) is 18.9 Å². The van der Waals surface area contributed by atoms with Gasteiger partial charge in [0.1, 0.15) is 0 Å². The van der Waals surface area contributed by atoms with E-state index in [0.29, 0.717) is 5.92 Å². The lowest BCUT2D eigenvalue weighted by Gasteiger charge is -2.21. The first-order valence-corrected chi connectivity index (χ1v) is 8.02. The van der Waals surface area contributed by atoms with Crippen molar-refractivity contribution >= 4 is 16.6 Å². The fourth-order valence-corrected chi connectivity index (χ4v) is 3.26. The summed E-state index contributed by atoms with van der Waals surface area (Å²) < 4.78 is 9.31. The first-order valence-electron chi connectivity index (χ1n) is 8.02. The monoisotopic (exact) mass is 311 g/mol. The summed E-state index contributed by atoms with van der Waals surface area (Å²) in [4.78, 5) is 0. The molecule has 3 aromatic rings. The van der Waals surface area contributed by atoms with E-state index in [-0.39, 0.29) is 0 Å². The van der Waals surface area contributed by atoms with Crippen molar-refractivity contribution in [1.29, 1.82) is 0 Å². The number of aryl methyl sites for hydroxylation is 1. The maximum absolute atomic E-state index is 6.23. The molecular weight excluding hydrogens is 290 g/mol.